The molecule has 0 saturated heterocycles. The first kappa shape index (κ1) is 12.9. The SMILES string of the molecule is COC(=O)c1coc(CNC(C)c2ccsc2)c1. The Hall–Kier alpha value is -1.59. The molecule has 0 fully saturated rings. The van der Waals surface area contributed by atoms with Crippen LogP contribution in [0.25, 0.3) is 0 Å². The highest BCUT2D eigenvalue weighted by atomic mass is 32.1. The van der Waals surface area contributed by atoms with E-state index in [9.17, 15) is 4.79 Å². The lowest BCUT2D eigenvalue weighted by molar-refractivity contribution is 0.0600. The molecule has 1 N–H and O–H groups in total. The number of nitrogens with one attached hydrogen (secondary N) is 1. The third-order valence-corrected chi connectivity index (χ3v) is 3.40. The lowest BCUT2D eigenvalue weighted by Gasteiger charge is -2.10. The van der Waals surface area contributed by atoms with Crippen molar-refractivity contribution in [1.82, 2.24) is 5.32 Å². The van der Waals surface area contributed by atoms with Crippen molar-refractivity contribution >= 4 is 17.3 Å². The largest absolute Gasteiger partial charge is 0.467 e. The molecule has 2 rings (SSSR count). The molecule has 1 atom stereocenters. The molecule has 0 aliphatic heterocycles. The second-order valence-corrected chi connectivity index (χ2v) is 4.73. The molecule has 5 heteroatoms. The highest BCUT2D eigenvalue weighted by Gasteiger charge is 2.11. The van der Waals surface area contributed by atoms with Gasteiger partial charge in [-0.3, -0.25) is 0 Å². The van der Waals surface area contributed by atoms with E-state index in [1.54, 1.807) is 17.4 Å². The zero-order valence-electron chi connectivity index (χ0n) is 10.3. The predicted octanol–water partition coefficient (Wildman–Crippen LogP) is 2.98. The van der Waals surface area contributed by atoms with E-state index in [-0.39, 0.29) is 12.0 Å². The van der Waals surface area contributed by atoms with Crippen molar-refractivity contribution in [3.63, 3.8) is 0 Å². The summed E-state index contributed by atoms with van der Waals surface area (Å²) in [6.07, 6.45) is 1.41. The van der Waals surface area contributed by atoms with Crippen LogP contribution in [-0.2, 0) is 11.3 Å². The molecule has 2 aromatic heterocycles. The molecule has 4 nitrogen and oxygen atoms in total. The molecule has 0 aliphatic rings. The van der Waals surface area contributed by atoms with Gasteiger partial charge in [-0.1, -0.05) is 0 Å². The van der Waals surface area contributed by atoms with Gasteiger partial charge in [-0.25, -0.2) is 4.79 Å². The van der Waals surface area contributed by atoms with Crippen molar-refractivity contribution in [2.45, 2.75) is 19.5 Å². The first-order chi connectivity index (χ1) is 8.70. The average molecular weight is 265 g/mol. The predicted molar refractivity (Wildman–Crippen MR) is 69.6 cm³/mol. The van der Waals surface area contributed by atoms with E-state index >= 15 is 0 Å². The summed E-state index contributed by atoms with van der Waals surface area (Å²) >= 11 is 1.68. The molecule has 1 unspecified atom stereocenters. The fraction of sp³-hybridized carbons (Fsp3) is 0.308. The molecule has 0 saturated carbocycles. The van der Waals surface area contributed by atoms with Crippen molar-refractivity contribution < 1.29 is 13.9 Å². The number of rotatable bonds is 5. The van der Waals surface area contributed by atoms with Crippen molar-refractivity contribution in [1.29, 1.82) is 0 Å². The normalized spacial score (nSPS) is 12.3. The van der Waals surface area contributed by atoms with Gasteiger partial charge < -0.3 is 14.5 Å². The standard InChI is InChI=1S/C13H15NO3S/c1-9(10-3-4-18-8-10)14-6-12-5-11(7-17-12)13(15)16-2/h3-5,7-9,14H,6H2,1-2H3. The Morgan fingerprint density at radius 3 is 3.11 bits per heavy atom. The van der Waals surface area contributed by atoms with E-state index < -0.39 is 0 Å². The summed E-state index contributed by atoms with van der Waals surface area (Å²) < 4.78 is 9.91. The third-order valence-electron chi connectivity index (χ3n) is 2.70. The summed E-state index contributed by atoms with van der Waals surface area (Å²) in [5, 5.41) is 7.49. The molecule has 96 valence electrons. The summed E-state index contributed by atoms with van der Waals surface area (Å²) in [6, 6.07) is 4.03. The first-order valence-electron chi connectivity index (χ1n) is 5.62. The minimum atomic E-state index is -0.379. The van der Waals surface area contributed by atoms with Crippen LogP contribution in [0.3, 0.4) is 0 Å². The van der Waals surface area contributed by atoms with Crippen LogP contribution < -0.4 is 5.32 Å². The molecule has 2 aromatic rings. The van der Waals surface area contributed by atoms with Crippen LogP contribution >= 0.6 is 11.3 Å². The quantitative estimate of drug-likeness (QED) is 0.844. The van der Waals surface area contributed by atoms with E-state index in [1.807, 2.05) is 0 Å². The molecule has 0 spiro atoms. The van der Waals surface area contributed by atoms with E-state index in [0.717, 1.165) is 5.76 Å². The van der Waals surface area contributed by atoms with Crippen LogP contribution in [0.1, 0.15) is 34.6 Å². The van der Waals surface area contributed by atoms with Gasteiger partial charge in [0.15, 0.2) is 0 Å². The van der Waals surface area contributed by atoms with E-state index in [0.29, 0.717) is 12.1 Å². The number of thiophene rings is 1. The zero-order chi connectivity index (χ0) is 13.0. The van der Waals surface area contributed by atoms with Gasteiger partial charge in [0, 0.05) is 6.04 Å². The van der Waals surface area contributed by atoms with Crippen molar-refractivity contribution in [2.24, 2.45) is 0 Å². The smallest absolute Gasteiger partial charge is 0.341 e. The van der Waals surface area contributed by atoms with Crippen LogP contribution in [0.4, 0.5) is 0 Å². The second-order valence-electron chi connectivity index (χ2n) is 3.95. The maximum atomic E-state index is 11.3. The van der Waals surface area contributed by atoms with Crippen LogP contribution in [0.2, 0.25) is 0 Å². The fourth-order valence-electron chi connectivity index (χ4n) is 1.59. The molecule has 0 aromatic carbocycles. The van der Waals surface area contributed by atoms with Gasteiger partial charge >= 0.3 is 5.97 Å². The van der Waals surface area contributed by atoms with Crippen molar-refractivity contribution in [3.05, 3.63) is 46.0 Å². The maximum Gasteiger partial charge on any atom is 0.341 e. The van der Waals surface area contributed by atoms with Gasteiger partial charge in [0.2, 0.25) is 0 Å². The number of esters is 1. The molecule has 0 bridgehead atoms. The number of carbonyl (C=O) groups excluding carboxylic acids is 1. The number of ether oxygens (including phenoxy) is 1. The number of hydrogen-bond acceptors (Lipinski definition) is 5. The van der Waals surface area contributed by atoms with Crippen LogP contribution in [0.15, 0.2) is 33.6 Å². The minimum Gasteiger partial charge on any atom is -0.467 e. The van der Waals surface area contributed by atoms with Crippen LogP contribution in [0, 0.1) is 0 Å². The highest BCUT2D eigenvalue weighted by molar-refractivity contribution is 7.07. The lowest BCUT2D eigenvalue weighted by Crippen LogP contribution is -2.17. The Morgan fingerprint density at radius 2 is 2.44 bits per heavy atom. The summed E-state index contributed by atoms with van der Waals surface area (Å²) in [5.74, 6) is 0.341. The van der Waals surface area contributed by atoms with Gasteiger partial charge in [-0.2, -0.15) is 11.3 Å². The minimum absolute atomic E-state index is 0.253. The highest BCUT2D eigenvalue weighted by Crippen LogP contribution is 2.16. The Labute approximate surface area is 110 Å². The Balaban J connectivity index is 1.90. The molecule has 2 heterocycles. The van der Waals surface area contributed by atoms with Gasteiger partial charge in [0.25, 0.3) is 0 Å². The van der Waals surface area contributed by atoms with E-state index in [1.165, 1.54) is 18.9 Å². The summed E-state index contributed by atoms with van der Waals surface area (Å²) in [5.41, 5.74) is 1.69. The zero-order valence-corrected chi connectivity index (χ0v) is 11.1. The van der Waals surface area contributed by atoms with E-state index in [4.69, 9.17) is 4.42 Å². The Bertz CT molecular complexity index is 504. The summed E-state index contributed by atoms with van der Waals surface area (Å²) in [6.45, 7) is 2.67. The third kappa shape index (κ3) is 3.00. The van der Waals surface area contributed by atoms with Crippen LogP contribution in [0.5, 0.6) is 0 Å². The topological polar surface area (TPSA) is 51.5 Å². The van der Waals surface area contributed by atoms with Crippen molar-refractivity contribution in [2.75, 3.05) is 7.11 Å². The number of carbonyl (C=O) groups is 1. The maximum absolute atomic E-state index is 11.3. The molecule has 18 heavy (non-hydrogen) atoms. The van der Waals surface area contributed by atoms with Gasteiger partial charge in [-0.05, 0) is 35.4 Å². The molecule has 0 aliphatic carbocycles. The Morgan fingerprint density at radius 1 is 1.61 bits per heavy atom. The number of methoxy groups -OCH3 is 1. The van der Waals surface area contributed by atoms with Gasteiger partial charge in [-0.15, -0.1) is 0 Å². The molecule has 0 amide bonds. The first-order valence-corrected chi connectivity index (χ1v) is 6.56. The molecular formula is C13H15NO3S. The molecular weight excluding hydrogens is 250 g/mol. The number of hydrogen-bond donors (Lipinski definition) is 1. The van der Waals surface area contributed by atoms with E-state index in [2.05, 4.69) is 33.8 Å². The second kappa shape index (κ2) is 5.84. The summed E-state index contributed by atoms with van der Waals surface area (Å²) in [7, 11) is 1.35. The summed E-state index contributed by atoms with van der Waals surface area (Å²) in [4.78, 5) is 11.3. The average Bonchev–Trinajstić information content (AvgIpc) is 3.05. The fourth-order valence-corrected chi connectivity index (χ4v) is 2.35. The van der Waals surface area contributed by atoms with Crippen molar-refractivity contribution in [3.8, 4) is 0 Å². The monoisotopic (exact) mass is 265 g/mol. The molecule has 0 radical (unpaired) electrons. The van der Waals surface area contributed by atoms with Crippen LogP contribution in [-0.4, -0.2) is 13.1 Å². The van der Waals surface area contributed by atoms with Gasteiger partial charge in [0.05, 0.1) is 19.2 Å². The Kier molecular flexibility index (Phi) is 4.17. The van der Waals surface area contributed by atoms with Gasteiger partial charge in [0.1, 0.15) is 12.0 Å². The lowest BCUT2D eigenvalue weighted by atomic mass is 10.2. The number of furan rings is 1.